The van der Waals surface area contributed by atoms with Crippen LogP contribution in [-0.2, 0) is 0 Å². The summed E-state index contributed by atoms with van der Waals surface area (Å²) in [5, 5.41) is 18.6. The second kappa shape index (κ2) is 3.92. The summed E-state index contributed by atoms with van der Waals surface area (Å²) >= 11 is 0. The van der Waals surface area contributed by atoms with Crippen LogP contribution in [0, 0.1) is 10.1 Å². The molecule has 0 amide bonds. The first-order valence-electron chi connectivity index (χ1n) is 5.28. The third-order valence-corrected chi connectivity index (χ3v) is 2.71. The van der Waals surface area contributed by atoms with E-state index in [4.69, 9.17) is 0 Å². The Balaban J connectivity index is 2.24. The van der Waals surface area contributed by atoms with Crippen LogP contribution in [0.2, 0.25) is 0 Å². The van der Waals surface area contributed by atoms with Crippen molar-refractivity contribution in [2.45, 2.75) is 0 Å². The fraction of sp³-hybridized carbons (Fsp3) is 0. The minimum atomic E-state index is -0.414. The molecule has 18 heavy (non-hydrogen) atoms. The highest BCUT2D eigenvalue weighted by Crippen LogP contribution is 2.28. The van der Waals surface area contributed by atoms with Gasteiger partial charge in [-0.15, -0.1) is 0 Å². The molecular weight excluding hydrogens is 232 g/mol. The van der Waals surface area contributed by atoms with Crippen molar-refractivity contribution in [1.82, 2.24) is 15.2 Å². The Morgan fingerprint density at radius 2 is 1.94 bits per heavy atom. The van der Waals surface area contributed by atoms with E-state index in [0.29, 0.717) is 5.69 Å². The van der Waals surface area contributed by atoms with Gasteiger partial charge in [0.05, 0.1) is 10.4 Å². The zero-order valence-electron chi connectivity index (χ0n) is 9.20. The number of fused-ring (bicyclic) bond motifs is 1. The Hall–Kier alpha value is -2.76. The molecular formula is C12H8N4O2. The molecule has 0 fully saturated rings. The molecule has 0 aliphatic rings. The summed E-state index contributed by atoms with van der Waals surface area (Å²) in [6.45, 7) is 0. The average Bonchev–Trinajstić information content (AvgIpc) is 2.82. The van der Waals surface area contributed by atoms with Gasteiger partial charge in [-0.25, -0.2) is 0 Å². The number of benzene rings is 1. The van der Waals surface area contributed by atoms with Crippen LogP contribution < -0.4 is 0 Å². The second-order valence-corrected chi connectivity index (χ2v) is 3.80. The molecule has 0 saturated carbocycles. The van der Waals surface area contributed by atoms with Crippen molar-refractivity contribution in [3.8, 4) is 11.3 Å². The number of hydrogen-bond donors (Lipinski definition) is 1. The van der Waals surface area contributed by atoms with Crippen molar-refractivity contribution in [2.75, 3.05) is 0 Å². The van der Waals surface area contributed by atoms with E-state index in [1.807, 2.05) is 12.1 Å². The van der Waals surface area contributed by atoms with E-state index >= 15 is 0 Å². The number of H-pyrrole nitrogens is 1. The number of aromatic nitrogens is 3. The number of hydrogen-bond acceptors (Lipinski definition) is 4. The lowest BCUT2D eigenvalue weighted by Crippen LogP contribution is -1.87. The summed E-state index contributed by atoms with van der Waals surface area (Å²) in [5.41, 5.74) is 2.39. The van der Waals surface area contributed by atoms with Gasteiger partial charge < -0.3 is 0 Å². The second-order valence-electron chi connectivity index (χ2n) is 3.80. The molecule has 6 nitrogen and oxygen atoms in total. The topological polar surface area (TPSA) is 84.7 Å². The number of nitrogens with one attached hydrogen (secondary N) is 1. The smallest absolute Gasteiger partial charge is 0.270 e. The lowest BCUT2D eigenvalue weighted by molar-refractivity contribution is -0.384. The van der Waals surface area contributed by atoms with Gasteiger partial charge >= 0.3 is 0 Å². The van der Waals surface area contributed by atoms with Crippen molar-refractivity contribution in [3.05, 3.63) is 52.8 Å². The molecule has 0 bridgehead atoms. The minimum absolute atomic E-state index is 0.0548. The number of pyridine rings is 1. The molecule has 88 valence electrons. The first-order valence-corrected chi connectivity index (χ1v) is 5.28. The van der Waals surface area contributed by atoms with E-state index < -0.39 is 4.92 Å². The summed E-state index contributed by atoms with van der Waals surface area (Å²) in [7, 11) is 0. The van der Waals surface area contributed by atoms with Crippen LogP contribution in [0.5, 0.6) is 0 Å². The number of nitrogens with zero attached hydrogens (tertiary/aromatic N) is 3. The highest BCUT2D eigenvalue weighted by Gasteiger charge is 2.12. The fourth-order valence-electron chi connectivity index (χ4n) is 1.85. The Kier molecular flexibility index (Phi) is 2.26. The van der Waals surface area contributed by atoms with Crippen LogP contribution in [0.3, 0.4) is 0 Å². The van der Waals surface area contributed by atoms with Gasteiger partial charge in [-0.2, -0.15) is 5.10 Å². The summed E-state index contributed by atoms with van der Waals surface area (Å²) in [4.78, 5) is 14.3. The van der Waals surface area contributed by atoms with E-state index in [1.165, 1.54) is 12.1 Å². The number of non-ortho nitro benzene ring substituents is 1. The standard InChI is InChI=1S/C12H8N4O2/c17-16(18)9-1-2-11-10(7-9)12(15-14-11)8-3-5-13-6-4-8/h1-7H,(H,14,15). The highest BCUT2D eigenvalue weighted by atomic mass is 16.6. The van der Waals surface area contributed by atoms with Crippen LogP contribution >= 0.6 is 0 Å². The van der Waals surface area contributed by atoms with Gasteiger partial charge in [0.25, 0.3) is 5.69 Å². The summed E-state index contributed by atoms with van der Waals surface area (Å²) in [5.74, 6) is 0. The molecule has 6 heteroatoms. The van der Waals surface area contributed by atoms with Crippen LogP contribution in [0.15, 0.2) is 42.7 Å². The Morgan fingerprint density at radius 1 is 1.17 bits per heavy atom. The molecule has 2 heterocycles. The first-order chi connectivity index (χ1) is 8.75. The van der Waals surface area contributed by atoms with Gasteiger partial charge in [0, 0.05) is 35.5 Å². The van der Waals surface area contributed by atoms with E-state index in [9.17, 15) is 10.1 Å². The lowest BCUT2D eigenvalue weighted by Gasteiger charge is -1.96. The normalized spacial score (nSPS) is 10.7. The quantitative estimate of drug-likeness (QED) is 0.551. The van der Waals surface area contributed by atoms with Crippen LogP contribution in [0.25, 0.3) is 22.2 Å². The van der Waals surface area contributed by atoms with Gasteiger partial charge in [-0.05, 0) is 18.2 Å². The van der Waals surface area contributed by atoms with Crippen LogP contribution in [-0.4, -0.2) is 20.1 Å². The summed E-state index contributed by atoms with van der Waals surface area (Å²) in [6.07, 6.45) is 3.32. The maximum Gasteiger partial charge on any atom is 0.270 e. The van der Waals surface area contributed by atoms with Crippen molar-refractivity contribution in [2.24, 2.45) is 0 Å². The highest BCUT2D eigenvalue weighted by molar-refractivity contribution is 5.94. The van der Waals surface area contributed by atoms with Crippen LogP contribution in [0.1, 0.15) is 0 Å². The zero-order valence-corrected chi connectivity index (χ0v) is 9.20. The molecule has 0 aliphatic heterocycles. The zero-order chi connectivity index (χ0) is 12.5. The number of rotatable bonds is 2. The minimum Gasteiger partial charge on any atom is -0.277 e. The Labute approximate surface area is 101 Å². The van der Waals surface area contributed by atoms with Crippen molar-refractivity contribution in [1.29, 1.82) is 0 Å². The summed E-state index contributed by atoms with van der Waals surface area (Å²) in [6, 6.07) is 8.26. The van der Waals surface area contributed by atoms with Gasteiger partial charge in [0.15, 0.2) is 0 Å². The fourth-order valence-corrected chi connectivity index (χ4v) is 1.85. The third-order valence-electron chi connectivity index (χ3n) is 2.71. The first kappa shape index (κ1) is 10.4. The van der Waals surface area contributed by atoms with Gasteiger partial charge in [0.1, 0.15) is 5.69 Å². The Morgan fingerprint density at radius 3 is 2.67 bits per heavy atom. The predicted octanol–water partition coefficient (Wildman–Crippen LogP) is 2.53. The molecule has 0 spiro atoms. The molecule has 3 aromatic rings. The van der Waals surface area contributed by atoms with Crippen molar-refractivity contribution >= 4 is 16.6 Å². The van der Waals surface area contributed by atoms with Gasteiger partial charge in [-0.3, -0.25) is 20.2 Å². The van der Waals surface area contributed by atoms with Gasteiger partial charge in [-0.1, -0.05) is 0 Å². The summed E-state index contributed by atoms with van der Waals surface area (Å²) < 4.78 is 0. The number of nitro benzene ring substituents is 1. The largest absolute Gasteiger partial charge is 0.277 e. The monoisotopic (exact) mass is 240 g/mol. The predicted molar refractivity (Wildman–Crippen MR) is 66.0 cm³/mol. The Bertz CT molecular complexity index is 721. The molecule has 1 N–H and O–H groups in total. The van der Waals surface area contributed by atoms with Gasteiger partial charge in [0.2, 0.25) is 0 Å². The molecule has 3 rings (SSSR count). The molecule has 0 radical (unpaired) electrons. The van der Waals surface area contributed by atoms with Crippen molar-refractivity contribution in [3.63, 3.8) is 0 Å². The van der Waals surface area contributed by atoms with Crippen LogP contribution in [0.4, 0.5) is 5.69 Å². The number of aromatic amines is 1. The molecule has 2 aromatic heterocycles. The molecule has 0 saturated heterocycles. The molecule has 1 aromatic carbocycles. The molecule has 0 atom stereocenters. The van der Waals surface area contributed by atoms with E-state index in [1.54, 1.807) is 18.5 Å². The molecule has 0 unspecified atom stereocenters. The van der Waals surface area contributed by atoms with Crippen molar-refractivity contribution < 1.29 is 4.92 Å². The average molecular weight is 240 g/mol. The SMILES string of the molecule is O=[N+]([O-])c1ccc2[nH]nc(-c3ccncc3)c2c1. The lowest BCUT2D eigenvalue weighted by atomic mass is 10.1. The third kappa shape index (κ3) is 1.60. The molecule has 0 aliphatic carbocycles. The van der Waals surface area contributed by atoms with E-state index in [0.717, 1.165) is 16.5 Å². The van der Waals surface area contributed by atoms with E-state index in [2.05, 4.69) is 15.2 Å². The maximum atomic E-state index is 10.8. The van der Waals surface area contributed by atoms with E-state index in [-0.39, 0.29) is 5.69 Å². The number of nitro groups is 1. The maximum absolute atomic E-state index is 10.8.